The predicted octanol–water partition coefficient (Wildman–Crippen LogP) is 0.704. The SMILES string of the molecule is N#CCCN1CCCC[C@@H]1O. The van der Waals surface area contributed by atoms with Crippen LogP contribution >= 0.6 is 0 Å². The number of aliphatic hydroxyl groups excluding tert-OH is 1. The van der Waals surface area contributed by atoms with Gasteiger partial charge in [-0.2, -0.15) is 5.26 Å². The molecule has 0 aromatic carbocycles. The Hall–Kier alpha value is -0.590. The minimum atomic E-state index is -0.294. The molecule has 1 saturated heterocycles. The molecule has 1 heterocycles. The highest BCUT2D eigenvalue weighted by Gasteiger charge is 2.18. The minimum absolute atomic E-state index is 0.294. The number of aliphatic hydroxyl groups is 1. The Kier molecular flexibility index (Phi) is 3.34. The van der Waals surface area contributed by atoms with E-state index in [1.54, 1.807) is 0 Å². The van der Waals surface area contributed by atoms with Gasteiger partial charge in [0, 0.05) is 19.5 Å². The van der Waals surface area contributed by atoms with Gasteiger partial charge in [0.25, 0.3) is 0 Å². The summed E-state index contributed by atoms with van der Waals surface area (Å²) in [7, 11) is 0. The fourth-order valence-electron chi connectivity index (χ4n) is 1.43. The Labute approximate surface area is 67.2 Å². The third-order valence-corrected chi connectivity index (χ3v) is 2.09. The van der Waals surface area contributed by atoms with Crippen molar-refractivity contribution in [3.63, 3.8) is 0 Å². The molecule has 62 valence electrons. The van der Waals surface area contributed by atoms with E-state index in [4.69, 9.17) is 5.26 Å². The molecule has 1 N–H and O–H groups in total. The highest BCUT2D eigenvalue weighted by atomic mass is 16.3. The van der Waals surface area contributed by atoms with Crippen molar-refractivity contribution < 1.29 is 5.11 Å². The van der Waals surface area contributed by atoms with Gasteiger partial charge in [-0.1, -0.05) is 0 Å². The minimum Gasteiger partial charge on any atom is -0.378 e. The van der Waals surface area contributed by atoms with Crippen molar-refractivity contribution in [2.45, 2.75) is 31.9 Å². The fraction of sp³-hybridized carbons (Fsp3) is 0.875. The summed E-state index contributed by atoms with van der Waals surface area (Å²) in [4.78, 5) is 1.98. The Bertz CT molecular complexity index is 153. The van der Waals surface area contributed by atoms with Crippen LogP contribution in [0.15, 0.2) is 0 Å². The normalized spacial score (nSPS) is 26.4. The molecule has 0 saturated carbocycles. The molecule has 0 unspecified atom stereocenters. The number of piperidine rings is 1. The van der Waals surface area contributed by atoms with Gasteiger partial charge in [-0.25, -0.2) is 0 Å². The van der Waals surface area contributed by atoms with Gasteiger partial charge >= 0.3 is 0 Å². The first-order valence-corrected chi connectivity index (χ1v) is 4.13. The van der Waals surface area contributed by atoms with Crippen molar-refractivity contribution in [3.05, 3.63) is 0 Å². The van der Waals surface area contributed by atoms with Crippen molar-refractivity contribution in [3.8, 4) is 6.07 Å². The second kappa shape index (κ2) is 4.32. The average molecular weight is 154 g/mol. The number of likely N-dealkylation sites (tertiary alicyclic amines) is 1. The van der Waals surface area contributed by atoms with Crippen molar-refractivity contribution in [1.82, 2.24) is 4.90 Å². The van der Waals surface area contributed by atoms with Crippen molar-refractivity contribution >= 4 is 0 Å². The molecule has 1 fully saturated rings. The molecule has 0 radical (unpaired) electrons. The average Bonchev–Trinajstić information content (AvgIpc) is 2.03. The second-order valence-corrected chi connectivity index (χ2v) is 2.92. The van der Waals surface area contributed by atoms with Crippen LogP contribution in [0.1, 0.15) is 25.7 Å². The van der Waals surface area contributed by atoms with Gasteiger partial charge in [0.05, 0.1) is 6.07 Å². The van der Waals surface area contributed by atoms with E-state index in [-0.39, 0.29) is 6.23 Å². The summed E-state index contributed by atoms with van der Waals surface area (Å²) in [5.74, 6) is 0. The van der Waals surface area contributed by atoms with Crippen LogP contribution < -0.4 is 0 Å². The molecule has 0 aromatic rings. The van der Waals surface area contributed by atoms with Gasteiger partial charge < -0.3 is 5.11 Å². The van der Waals surface area contributed by atoms with E-state index >= 15 is 0 Å². The lowest BCUT2D eigenvalue weighted by atomic mass is 10.1. The summed E-state index contributed by atoms with van der Waals surface area (Å²) in [5, 5.41) is 17.7. The number of hydrogen-bond donors (Lipinski definition) is 1. The molecule has 0 spiro atoms. The van der Waals surface area contributed by atoms with Crippen LogP contribution in [-0.4, -0.2) is 29.3 Å². The van der Waals surface area contributed by atoms with Crippen molar-refractivity contribution in [1.29, 1.82) is 5.26 Å². The maximum Gasteiger partial charge on any atom is 0.107 e. The highest BCUT2D eigenvalue weighted by Crippen LogP contribution is 2.14. The Morgan fingerprint density at radius 3 is 3.00 bits per heavy atom. The van der Waals surface area contributed by atoms with Crippen LogP contribution in [0.4, 0.5) is 0 Å². The first-order valence-electron chi connectivity index (χ1n) is 4.13. The molecule has 1 aliphatic heterocycles. The molecule has 1 rings (SSSR count). The smallest absolute Gasteiger partial charge is 0.107 e. The molecule has 3 heteroatoms. The van der Waals surface area contributed by atoms with Crippen LogP contribution in [0.2, 0.25) is 0 Å². The van der Waals surface area contributed by atoms with Crippen LogP contribution in [0.3, 0.4) is 0 Å². The summed E-state index contributed by atoms with van der Waals surface area (Å²) in [6.45, 7) is 1.67. The van der Waals surface area contributed by atoms with Gasteiger partial charge in [-0.05, 0) is 19.3 Å². The van der Waals surface area contributed by atoms with E-state index in [0.29, 0.717) is 6.42 Å². The fourth-order valence-corrected chi connectivity index (χ4v) is 1.43. The molecule has 0 bridgehead atoms. The van der Waals surface area contributed by atoms with Gasteiger partial charge in [-0.15, -0.1) is 0 Å². The van der Waals surface area contributed by atoms with Gasteiger partial charge in [-0.3, -0.25) is 4.90 Å². The van der Waals surface area contributed by atoms with E-state index in [9.17, 15) is 5.11 Å². The monoisotopic (exact) mass is 154 g/mol. The zero-order valence-electron chi connectivity index (χ0n) is 6.66. The van der Waals surface area contributed by atoms with Gasteiger partial charge in [0.15, 0.2) is 0 Å². The number of nitriles is 1. The molecular weight excluding hydrogens is 140 g/mol. The highest BCUT2D eigenvalue weighted by molar-refractivity contribution is 4.75. The molecule has 0 amide bonds. The van der Waals surface area contributed by atoms with Crippen LogP contribution in [0, 0.1) is 11.3 Å². The van der Waals surface area contributed by atoms with Crippen LogP contribution in [0.5, 0.6) is 0 Å². The summed E-state index contributed by atoms with van der Waals surface area (Å²) in [5.41, 5.74) is 0. The van der Waals surface area contributed by atoms with E-state index in [1.807, 2.05) is 4.90 Å². The summed E-state index contributed by atoms with van der Waals surface area (Å²) >= 11 is 0. The Morgan fingerprint density at radius 2 is 2.36 bits per heavy atom. The van der Waals surface area contributed by atoms with Crippen molar-refractivity contribution in [2.24, 2.45) is 0 Å². The van der Waals surface area contributed by atoms with Crippen molar-refractivity contribution in [2.75, 3.05) is 13.1 Å². The molecular formula is C8H14N2O. The molecule has 11 heavy (non-hydrogen) atoms. The second-order valence-electron chi connectivity index (χ2n) is 2.92. The van der Waals surface area contributed by atoms with Crippen LogP contribution in [0.25, 0.3) is 0 Å². The van der Waals surface area contributed by atoms with E-state index < -0.39 is 0 Å². The summed E-state index contributed by atoms with van der Waals surface area (Å²) < 4.78 is 0. The van der Waals surface area contributed by atoms with Crippen LogP contribution in [-0.2, 0) is 0 Å². The van der Waals surface area contributed by atoms with Gasteiger partial charge in [0.2, 0.25) is 0 Å². The molecule has 1 aliphatic rings. The maximum absolute atomic E-state index is 9.41. The Balaban J connectivity index is 2.25. The van der Waals surface area contributed by atoms with E-state index in [1.165, 1.54) is 0 Å². The van der Waals surface area contributed by atoms with E-state index in [0.717, 1.165) is 32.4 Å². The van der Waals surface area contributed by atoms with Gasteiger partial charge in [0.1, 0.15) is 6.23 Å². The first-order chi connectivity index (χ1) is 5.34. The number of hydrogen-bond acceptors (Lipinski definition) is 3. The Morgan fingerprint density at radius 1 is 1.55 bits per heavy atom. The first kappa shape index (κ1) is 8.51. The summed E-state index contributed by atoms with van der Waals surface area (Å²) in [6.07, 6.45) is 3.37. The zero-order chi connectivity index (χ0) is 8.10. The largest absolute Gasteiger partial charge is 0.378 e. The third-order valence-electron chi connectivity index (χ3n) is 2.09. The summed E-state index contributed by atoms with van der Waals surface area (Å²) in [6, 6.07) is 2.08. The maximum atomic E-state index is 9.41. The number of nitrogens with zero attached hydrogens (tertiary/aromatic N) is 2. The zero-order valence-corrected chi connectivity index (χ0v) is 6.66. The lowest BCUT2D eigenvalue weighted by Gasteiger charge is -2.31. The quantitative estimate of drug-likeness (QED) is 0.637. The lowest BCUT2D eigenvalue weighted by molar-refractivity contribution is -0.0221. The molecule has 0 aliphatic carbocycles. The predicted molar refractivity (Wildman–Crippen MR) is 41.7 cm³/mol. The topological polar surface area (TPSA) is 47.3 Å². The lowest BCUT2D eigenvalue weighted by Crippen LogP contribution is -2.39. The molecule has 1 atom stereocenters. The standard InChI is InChI=1S/C8H14N2O/c9-5-3-7-10-6-2-1-4-8(10)11/h8,11H,1-4,6-7H2/t8-/m0/s1. The molecule has 0 aromatic heterocycles. The number of rotatable bonds is 2. The van der Waals surface area contributed by atoms with E-state index in [2.05, 4.69) is 6.07 Å². The third kappa shape index (κ3) is 2.49. The molecule has 3 nitrogen and oxygen atoms in total.